The molecule has 60 valence electrons. The van der Waals surface area contributed by atoms with Gasteiger partial charge >= 0.3 is 0 Å². The summed E-state index contributed by atoms with van der Waals surface area (Å²) in [5.41, 5.74) is 0.0487. The number of carbonyl (C=O) groups excluding carboxylic acids is 1. The quantitative estimate of drug-likeness (QED) is 0.636. The number of ketones is 1. The van der Waals surface area contributed by atoms with Crippen LogP contribution >= 0.6 is 15.9 Å². The minimum Gasteiger partial charge on any atom is -0.298 e. The standard InChI is InChI=1S/C8H15BrO/c1-5-6(10)7(9)8(2,3)4/h7H,5H2,1-4H3. The molecule has 0 aliphatic rings. The lowest BCUT2D eigenvalue weighted by Crippen LogP contribution is -2.28. The van der Waals surface area contributed by atoms with Gasteiger partial charge in [-0.2, -0.15) is 0 Å². The molecule has 0 bridgehead atoms. The molecule has 0 spiro atoms. The van der Waals surface area contributed by atoms with E-state index >= 15 is 0 Å². The Bertz CT molecular complexity index is 124. The molecule has 0 aromatic carbocycles. The van der Waals surface area contributed by atoms with Crippen LogP contribution in [0.25, 0.3) is 0 Å². The molecule has 10 heavy (non-hydrogen) atoms. The fourth-order valence-corrected chi connectivity index (χ4v) is 0.986. The Balaban J connectivity index is 4.08. The number of carbonyl (C=O) groups is 1. The first-order chi connectivity index (χ1) is 4.39. The minimum atomic E-state index is 0.00463. The second kappa shape index (κ2) is 3.51. The average molecular weight is 207 g/mol. The highest BCUT2D eigenvalue weighted by Crippen LogP contribution is 2.27. The fraction of sp³-hybridized carbons (Fsp3) is 0.875. The van der Waals surface area contributed by atoms with Crippen LogP contribution in [0.5, 0.6) is 0 Å². The van der Waals surface area contributed by atoms with Gasteiger partial charge in [-0.3, -0.25) is 4.79 Å². The van der Waals surface area contributed by atoms with Crippen LogP contribution in [-0.4, -0.2) is 10.6 Å². The molecular formula is C8H15BrO. The molecule has 0 aromatic rings. The number of Topliss-reactive ketones (excluding diaryl/α,β-unsaturated/α-hetero) is 1. The topological polar surface area (TPSA) is 17.1 Å². The van der Waals surface area contributed by atoms with Crippen LogP contribution in [0.1, 0.15) is 34.1 Å². The minimum absolute atomic E-state index is 0.00463. The van der Waals surface area contributed by atoms with E-state index in [0.29, 0.717) is 6.42 Å². The summed E-state index contributed by atoms with van der Waals surface area (Å²) in [4.78, 5) is 11.1. The van der Waals surface area contributed by atoms with Gasteiger partial charge in [0.25, 0.3) is 0 Å². The van der Waals surface area contributed by atoms with Crippen molar-refractivity contribution in [1.82, 2.24) is 0 Å². The number of halogens is 1. The molecule has 1 nitrogen and oxygen atoms in total. The maximum atomic E-state index is 11.1. The Kier molecular flexibility index (Phi) is 3.57. The maximum Gasteiger partial charge on any atom is 0.146 e. The first-order valence-electron chi connectivity index (χ1n) is 3.56. The molecule has 0 N–H and O–H groups in total. The van der Waals surface area contributed by atoms with Crippen LogP contribution in [0.15, 0.2) is 0 Å². The Labute approximate surface area is 71.3 Å². The Morgan fingerprint density at radius 3 is 2.00 bits per heavy atom. The van der Waals surface area contributed by atoms with E-state index in [-0.39, 0.29) is 16.0 Å². The zero-order chi connectivity index (χ0) is 8.36. The smallest absolute Gasteiger partial charge is 0.146 e. The molecule has 0 saturated heterocycles. The van der Waals surface area contributed by atoms with E-state index < -0.39 is 0 Å². The van der Waals surface area contributed by atoms with Gasteiger partial charge in [0.15, 0.2) is 0 Å². The summed E-state index contributed by atoms with van der Waals surface area (Å²) in [6.45, 7) is 8.06. The number of rotatable bonds is 2. The van der Waals surface area contributed by atoms with Gasteiger partial charge in [-0.25, -0.2) is 0 Å². The van der Waals surface area contributed by atoms with Crippen molar-refractivity contribution < 1.29 is 4.79 Å². The summed E-state index contributed by atoms with van der Waals surface area (Å²) in [6, 6.07) is 0. The molecule has 0 rings (SSSR count). The highest BCUT2D eigenvalue weighted by Gasteiger charge is 2.26. The SMILES string of the molecule is CCC(=O)C(Br)C(C)(C)C. The van der Waals surface area contributed by atoms with Crippen LogP contribution in [-0.2, 0) is 4.79 Å². The largest absolute Gasteiger partial charge is 0.298 e. The first-order valence-corrected chi connectivity index (χ1v) is 4.48. The van der Waals surface area contributed by atoms with E-state index in [1.54, 1.807) is 0 Å². The Morgan fingerprint density at radius 2 is 1.90 bits per heavy atom. The molecule has 2 heteroatoms. The van der Waals surface area contributed by atoms with Crippen LogP contribution in [0.4, 0.5) is 0 Å². The van der Waals surface area contributed by atoms with E-state index in [0.717, 1.165) is 0 Å². The third kappa shape index (κ3) is 2.82. The Hall–Kier alpha value is 0.150. The summed E-state index contributed by atoms with van der Waals surface area (Å²) < 4.78 is 0. The first kappa shape index (κ1) is 10.2. The van der Waals surface area contributed by atoms with E-state index in [4.69, 9.17) is 0 Å². The predicted octanol–water partition coefficient (Wildman–Crippen LogP) is 2.78. The van der Waals surface area contributed by atoms with Crippen molar-refractivity contribution >= 4 is 21.7 Å². The van der Waals surface area contributed by atoms with Crippen molar-refractivity contribution in [2.45, 2.75) is 38.9 Å². The van der Waals surface area contributed by atoms with Crippen molar-refractivity contribution in [2.75, 3.05) is 0 Å². The summed E-state index contributed by atoms with van der Waals surface area (Å²) in [5.74, 6) is 0.285. The van der Waals surface area contributed by atoms with E-state index in [2.05, 4.69) is 36.7 Å². The van der Waals surface area contributed by atoms with Crippen molar-refractivity contribution in [1.29, 1.82) is 0 Å². The fourth-order valence-electron chi connectivity index (χ4n) is 0.662. The molecule has 0 aliphatic carbocycles. The van der Waals surface area contributed by atoms with Crippen molar-refractivity contribution in [3.05, 3.63) is 0 Å². The molecule has 0 saturated carbocycles. The highest BCUT2D eigenvalue weighted by molar-refractivity contribution is 9.10. The maximum absolute atomic E-state index is 11.1. The zero-order valence-corrected chi connectivity index (χ0v) is 8.66. The van der Waals surface area contributed by atoms with Gasteiger partial charge in [0.2, 0.25) is 0 Å². The molecular weight excluding hydrogens is 192 g/mol. The van der Waals surface area contributed by atoms with Gasteiger partial charge in [0.05, 0.1) is 4.83 Å². The molecule has 1 atom stereocenters. The lowest BCUT2D eigenvalue weighted by atomic mass is 9.89. The van der Waals surface area contributed by atoms with Gasteiger partial charge in [0, 0.05) is 6.42 Å². The van der Waals surface area contributed by atoms with Crippen LogP contribution in [0, 0.1) is 5.41 Å². The van der Waals surface area contributed by atoms with Crippen LogP contribution in [0.2, 0.25) is 0 Å². The van der Waals surface area contributed by atoms with Crippen LogP contribution < -0.4 is 0 Å². The molecule has 0 heterocycles. The Morgan fingerprint density at radius 1 is 1.50 bits per heavy atom. The normalized spacial score (nSPS) is 14.9. The number of hydrogen-bond acceptors (Lipinski definition) is 1. The van der Waals surface area contributed by atoms with Gasteiger partial charge in [-0.1, -0.05) is 43.6 Å². The summed E-state index contributed by atoms with van der Waals surface area (Å²) in [6.07, 6.45) is 0.618. The van der Waals surface area contributed by atoms with E-state index in [1.165, 1.54) is 0 Å². The summed E-state index contributed by atoms with van der Waals surface area (Å²) in [5, 5.41) is 0. The van der Waals surface area contributed by atoms with Gasteiger partial charge in [-0.15, -0.1) is 0 Å². The molecule has 0 radical (unpaired) electrons. The number of hydrogen-bond donors (Lipinski definition) is 0. The average Bonchev–Trinajstić information content (AvgIpc) is 1.83. The summed E-state index contributed by atoms with van der Waals surface area (Å²) >= 11 is 3.37. The lowest BCUT2D eigenvalue weighted by Gasteiger charge is -2.23. The molecule has 0 fully saturated rings. The predicted molar refractivity (Wildman–Crippen MR) is 47.5 cm³/mol. The van der Waals surface area contributed by atoms with Gasteiger partial charge < -0.3 is 0 Å². The van der Waals surface area contributed by atoms with Crippen molar-refractivity contribution in [3.8, 4) is 0 Å². The molecule has 1 unspecified atom stereocenters. The third-order valence-electron chi connectivity index (χ3n) is 1.39. The molecule has 0 aliphatic heterocycles. The highest BCUT2D eigenvalue weighted by atomic mass is 79.9. The van der Waals surface area contributed by atoms with E-state index in [1.807, 2.05) is 6.92 Å². The van der Waals surface area contributed by atoms with E-state index in [9.17, 15) is 4.79 Å². The second-order valence-electron chi connectivity index (χ2n) is 3.55. The monoisotopic (exact) mass is 206 g/mol. The zero-order valence-electron chi connectivity index (χ0n) is 7.07. The van der Waals surface area contributed by atoms with Crippen molar-refractivity contribution in [3.63, 3.8) is 0 Å². The van der Waals surface area contributed by atoms with Gasteiger partial charge in [0.1, 0.15) is 5.78 Å². The second-order valence-corrected chi connectivity index (χ2v) is 4.46. The number of alkyl halides is 1. The van der Waals surface area contributed by atoms with Gasteiger partial charge in [-0.05, 0) is 5.41 Å². The van der Waals surface area contributed by atoms with Crippen molar-refractivity contribution in [2.24, 2.45) is 5.41 Å². The molecule has 0 aromatic heterocycles. The lowest BCUT2D eigenvalue weighted by molar-refractivity contribution is -0.119. The summed E-state index contributed by atoms with van der Waals surface area (Å²) in [7, 11) is 0. The third-order valence-corrected chi connectivity index (χ3v) is 3.28. The van der Waals surface area contributed by atoms with Crippen LogP contribution in [0.3, 0.4) is 0 Å². The molecule has 0 amide bonds.